The second kappa shape index (κ2) is 6.12. The standard InChI is InChI=1S/C14H18N4/c1-2-3-13-8-9-14(18-17-13)16-12-6-4-11(10-15)5-7-12/h4-9H,2-3,10,15H2,1H3,(H,16,18). The maximum absolute atomic E-state index is 5.55. The minimum Gasteiger partial charge on any atom is -0.339 e. The van der Waals surface area contributed by atoms with Crippen molar-refractivity contribution in [1.82, 2.24) is 10.2 Å². The van der Waals surface area contributed by atoms with Crippen LogP contribution in [0.1, 0.15) is 24.6 Å². The van der Waals surface area contributed by atoms with Crippen LogP contribution in [0.15, 0.2) is 36.4 Å². The minimum atomic E-state index is 0.561. The number of rotatable bonds is 5. The Morgan fingerprint density at radius 1 is 1.06 bits per heavy atom. The number of hydrogen-bond acceptors (Lipinski definition) is 4. The molecule has 1 aromatic heterocycles. The molecular formula is C14H18N4. The summed E-state index contributed by atoms with van der Waals surface area (Å²) in [5.41, 5.74) is 8.69. The molecule has 1 aromatic carbocycles. The second-order valence-electron chi connectivity index (χ2n) is 4.19. The lowest BCUT2D eigenvalue weighted by atomic mass is 10.2. The van der Waals surface area contributed by atoms with Gasteiger partial charge in [0.05, 0.1) is 5.69 Å². The fourth-order valence-corrected chi connectivity index (χ4v) is 1.69. The molecule has 18 heavy (non-hydrogen) atoms. The van der Waals surface area contributed by atoms with E-state index in [1.54, 1.807) is 0 Å². The molecule has 0 saturated carbocycles. The van der Waals surface area contributed by atoms with Crippen LogP contribution in [0.5, 0.6) is 0 Å². The molecule has 4 nitrogen and oxygen atoms in total. The molecule has 94 valence electrons. The van der Waals surface area contributed by atoms with Crippen molar-refractivity contribution < 1.29 is 0 Å². The Bertz CT molecular complexity index is 476. The van der Waals surface area contributed by atoms with Crippen LogP contribution >= 0.6 is 0 Å². The van der Waals surface area contributed by atoms with Crippen molar-refractivity contribution in [2.45, 2.75) is 26.3 Å². The summed E-state index contributed by atoms with van der Waals surface area (Å²) in [4.78, 5) is 0. The molecule has 0 atom stereocenters. The molecule has 1 heterocycles. The topological polar surface area (TPSA) is 63.8 Å². The van der Waals surface area contributed by atoms with Crippen LogP contribution in [0.2, 0.25) is 0 Å². The second-order valence-corrected chi connectivity index (χ2v) is 4.19. The van der Waals surface area contributed by atoms with Gasteiger partial charge in [-0.25, -0.2) is 0 Å². The van der Waals surface area contributed by atoms with Gasteiger partial charge in [-0.2, -0.15) is 5.10 Å². The van der Waals surface area contributed by atoms with E-state index < -0.39 is 0 Å². The highest BCUT2D eigenvalue weighted by atomic mass is 15.2. The Balaban J connectivity index is 2.03. The fraction of sp³-hybridized carbons (Fsp3) is 0.286. The number of hydrogen-bond donors (Lipinski definition) is 2. The van der Waals surface area contributed by atoms with E-state index in [9.17, 15) is 0 Å². The van der Waals surface area contributed by atoms with Crippen LogP contribution in [0.4, 0.5) is 11.5 Å². The van der Waals surface area contributed by atoms with Gasteiger partial charge < -0.3 is 11.1 Å². The number of benzene rings is 1. The molecule has 0 bridgehead atoms. The zero-order chi connectivity index (χ0) is 12.8. The third-order valence-electron chi connectivity index (χ3n) is 2.69. The Hall–Kier alpha value is -1.94. The SMILES string of the molecule is CCCc1ccc(Nc2ccc(CN)cc2)nn1. The van der Waals surface area contributed by atoms with Crippen LogP contribution < -0.4 is 11.1 Å². The zero-order valence-corrected chi connectivity index (χ0v) is 10.6. The third-order valence-corrected chi connectivity index (χ3v) is 2.69. The van der Waals surface area contributed by atoms with Gasteiger partial charge in [-0.1, -0.05) is 25.5 Å². The minimum absolute atomic E-state index is 0.561. The Morgan fingerprint density at radius 2 is 1.83 bits per heavy atom. The summed E-state index contributed by atoms with van der Waals surface area (Å²) in [7, 11) is 0. The first-order chi connectivity index (χ1) is 8.81. The monoisotopic (exact) mass is 242 g/mol. The molecule has 0 fully saturated rings. The van der Waals surface area contributed by atoms with Gasteiger partial charge in [-0.3, -0.25) is 0 Å². The van der Waals surface area contributed by atoms with Crippen LogP contribution in [-0.4, -0.2) is 10.2 Å². The molecule has 0 aliphatic heterocycles. The fourth-order valence-electron chi connectivity index (χ4n) is 1.69. The number of aromatic nitrogens is 2. The Kier molecular flexibility index (Phi) is 4.25. The van der Waals surface area contributed by atoms with Crippen LogP contribution in [0.3, 0.4) is 0 Å². The Morgan fingerprint density at radius 3 is 2.39 bits per heavy atom. The lowest BCUT2D eigenvalue weighted by molar-refractivity contribution is 0.841. The third kappa shape index (κ3) is 3.28. The van der Waals surface area contributed by atoms with E-state index in [-0.39, 0.29) is 0 Å². The summed E-state index contributed by atoms with van der Waals surface area (Å²) in [6, 6.07) is 11.9. The molecule has 0 radical (unpaired) electrons. The van der Waals surface area contributed by atoms with Gasteiger partial charge in [0.1, 0.15) is 0 Å². The van der Waals surface area contributed by atoms with Crippen molar-refractivity contribution in [1.29, 1.82) is 0 Å². The molecule has 0 aliphatic rings. The highest BCUT2D eigenvalue weighted by molar-refractivity contribution is 5.55. The molecule has 0 spiro atoms. The highest BCUT2D eigenvalue weighted by Gasteiger charge is 1.98. The van der Waals surface area contributed by atoms with Crippen LogP contribution in [0, 0.1) is 0 Å². The van der Waals surface area contributed by atoms with Crippen molar-refractivity contribution in [3.05, 3.63) is 47.7 Å². The maximum atomic E-state index is 5.55. The maximum Gasteiger partial charge on any atom is 0.153 e. The average Bonchev–Trinajstić information content (AvgIpc) is 2.42. The first-order valence-electron chi connectivity index (χ1n) is 6.20. The molecule has 0 unspecified atom stereocenters. The largest absolute Gasteiger partial charge is 0.339 e. The lowest BCUT2D eigenvalue weighted by Crippen LogP contribution is -1.99. The molecule has 0 amide bonds. The predicted molar refractivity (Wildman–Crippen MR) is 73.6 cm³/mol. The van der Waals surface area contributed by atoms with E-state index >= 15 is 0 Å². The highest BCUT2D eigenvalue weighted by Crippen LogP contribution is 2.14. The smallest absolute Gasteiger partial charge is 0.153 e. The van der Waals surface area contributed by atoms with Gasteiger partial charge in [-0.05, 0) is 36.2 Å². The van der Waals surface area contributed by atoms with Crippen LogP contribution in [0.25, 0.3) is 0 Å². The van der Waals surface area contributed by atoms with Gasteiger partial charge in [-0.15, -0.1) is 5.10 Å². The molecule has 0 saturated heterocycles. The van der Waals surface area contributed by atoms with E-state index in [4.69, 9.17) is 5.73 Å². The summed E-state index contributed by atoms with van der Waals surface area (Å²) in [6.07, 6.45) is 2.06. The van der Waals surface area contributed by atoms with Crippen molar-refractivity contribution in [3.8, 4) is 0 Å². The van der Waals surface area contributed by atoms with E-state index in [1.807, 2.05) is 36.4 Å². The number of nitrogens with one attached hydrogen (secondary N) is 1. The first-order valence-corrected chi connectivity index (χ1v) is 6.20. The number of anilines is 2. The summed E-state index contributed by atoms with van der Waals surface area (Å²) in [5.74, 6) is 0.760. The quantitative estimate of drug-likeness (QED) is 0.846. The number of nitrogens with two attached hydrogens (primary N) is 1. The Labute approximate surface area is 107 Å². The van der Waals surface area contributed by atoms with Crippen molar-refractivity contribution in [3.63, 3.8) is 0 Å². The molecule has 2 aromatic rings. The molecule has 4 heteroatoms. The first kappa shape index (κ1) is 12.5. The van der Waals surface area contributed by atoms with Crippen molar-refractivity contribution >= 4 is 11.5 Å². The molecule has 3 N–H and O–H groups in total. The van der Waals surface area contributed by atoms with Gasteiger partial charge in [0.25, 0.3) is 0 Å². The summed E-state index contributed by atoms with van der Waals surface area (Å²) < 4.78 is 0. The van der Waals surface area contributed by atoms with Crippen molar-refractivity contribution in [2.75, 3.05) is 5.32 Å². The molecular weight excluding hydrogens is 224 g/mol. The zero-order valence-electron chi connectivity index (χ0n) is 10.6. The average molecular weight is 242 g/mol. The van der Waals surface area contributed by atoms with Crippen LogP contribution in [-0.2, 0) is 13.0 Å². The molecule has 2 rings (SSSR count). The van der Waals surface area contributed by atoms with Gasteiger partial charge in [0.15, 0.2) is 5.82 Å². The van der Waals surface area contributed by atoms with Crippen molar-refractivity contribution in [2.24, 2.45) is 5.73 Å². The van der Waals surface area contributed by atoms with E-state index in [2.05, 4.69) is 22.4 Å². The lowest BCUT2D eigenvalue weighted by Gasteiger charge is -2.06. The van der Waals surface area contributed by atoms with E-state index in [0.29, 0.717) is 6.54 Å². The predicted octanol–water partition coefficient (Wildman–Crippen LogP) is 2.63. The van der Waals surface area contributed by atoms with Gasteiger partial charge in [0.2, 0.25) is 0 Å². The normalized spacial score (nSPS) is 10.3. The molecule has 0 aliphatic carbocycles. The summed E-state index contributed by atoms with van der Waals surface area (Å²) in [6.45, 7) is 2.69. The van der Waals surface area contributed by atoms with E-state index in [0.717, 1.165) is 35.6 Å². The number of nitrogens with zero attached hydrogens (tertiary/aromatic N) is 2. The van der Waals surface area contributed by atoms with Gasteiger partial charge >= 0.3 is 0 Å². The summed E-state index contributed by atoms with van der Waals surface area (Å²) >= 11 is 0. The van der Waals surface area contributed by atoms with E-state index in [1.165, 1.54) is 0 Å². The van der Waals surface area contributed by atoms with Gasteiger partial charge in [0, 0.05) is 12.2 Å². The number of aryl methyl sites for hydroxylation is 1. The summed E-state index contributed by atoms with van der Waals surface area (Å²) in [5, 5.41) is 11.5.